The van der Waals surface area contributed by atoms with Crippen LogP contribution in [-0.2, 0) is 19.6 Å². The zero-order valence-corrected chi connectivity index (χ0v) is 15.5. The van der Waals surface area contributed by atoms with E-state index in [4.69, 9.17) is 4.74 Å². The number of nitrogens with one attached hydrogen (secondary N) is 2. The van der Waals surface area contributed by atoms with E-state index in [0.717, 1.165) is 32.6 Å². The van der Waals surface area contributed by atoms with Crippen LogP contribution in [0.15, 0.2) is 0 Å². The first-order valence-electron chi connectivity index (χ1n) is 8.69. The summed E-state index contributed by atoms with van der Waals surface area (Å²) in [4.78, 5) is 16.4. The molecule has 2 heterocycles. The van der Waals surface area contributed by atoms with Gasteiger partial charge in [-0.15, -0.1) is 0 Å². The second-order valence-electron chi connectivity index (χ2n) is 6.63. The summed E-state index contributed by atoms with van der Waals surface area (Å²) in [5.74, 6) is -0.275. The van der Waals surface area contributed by atoms with E-state index >= 15 is 0 Å². The van der Waals surface area contributed by atoms with Gasteiger partial charge in [0.15, 0.2) is 0 Å². The number of piperazine rings is 1. The van der Waals surface area contributed by atoms with Gasteiger partial charge in [-0.1, -0.05) is 0 Å². The van der Waals surface area contributed by atoms with Gasteiger partial charge in [0.2, 0.25) is 15.9 Å². The van der Waals surface area contributed by atoms with Crippen LogP contribution in [0, 0.1) is 0 Å². The molecule has 0 aromatic heterocycles. The van der Waals surface area contributed by atoms with Crippen molar-refractivity contribution in [1.82, 2.24) is 19.8 Å². The molecule has 0 aromatic rings. The van der Waals surface area contributed by atoms with Gasteiger partial charge < -0.3 is 15.0 Å². The first-order valence-corrected chi connectivity index (χ1v) is 10.3. The molecular weight excluding hydrogens is 332 g/mol. The maximum atomic E-state index is 12.2. The number of nitrogens with zero attached hydrogens (tertiary/aromatic N) is 2. The lowest BCUT2D eigenvalue weighted by molar-refractivity contribution is -0.129. The zero-order valence-electron chi connectivity index (χ0n) is 14.7. The Kier molecular flexibility index (Phi) is 7.42. The normalized spacial score (nSPS) is 23.1. The molecule has 2 rings (SSSR count). The summed E-state index contributed by atoms with van der Waals surface area (Å²) in [6.07, 6.45) is 0.953. The fourth-order valence-electron chi connectivity index (χ4n) is 3.06. The van der Waals surface area contributed by atoms with Crippen LogP contribution < -0.4 is 10.0 Å². The lowest BCUT2D eigenvalue weighted by atomic mass is 10.2. The zero-order chi connectivity index (χ0) is 17.6. The van der Waals surface area contributed by atoms with E-state index in [1.165, 1.54) is 0 Å². The topological polar surface area (TPSA) is 91.0 Å². The first-order chi connectivity index (χ1) is 11.4. The molecule has 2 saturated heterocycles. The molecule has 8 nitrogen and oxygen atoms in total. The highest BCUT2D eigenvalue weighted by atomic mass is 32.2. The van der Waals surface area contributed by atoms with Crippen molar-refractivity contribution in [3.8, 4) is 0 Å². The quantitative estimate of drug-likeness (QED) is 0.566. The summed E-state index contributed by atoms with van der Waals surface area (Å²) in [5.41, 5.74) is 0. The van der Waals surface area contributed by atoms with Gasteiger partial charge in [-0.25, -0.2) is 13.1 Å². The van der Waals surface area contributed by atoms with E-state index in [-0.39, 0.29) is 30.9 Å². The van der Waals surface area contributed by atoms with Crippen molar-refractivity contribution in [3.63, 3.8) is 0 Å². The smallest absolute Gasteiger partial charge is 0.237 e. The van der Waals surface area contributed by atoms with Crippen molar-refractivity contribution < 1.29 is 17.9 Å². The number of amides is 1. The lowest BCUT2D eigenvalue weighted by Crippen LogP contribution is -2.49. The van der Waals surface area contributed by atoms with Gasteiger partial charge in [-0.2, -0.15) is 0 Å². The van der Waals surface area contributed by atoms with E-state index in [9.17, 15) is 13.2 Å². The number of rotatable bonds is 8. The maximum absolute atomic E-state index is 12.2. The summed E-state index contributed by atoms with van der Waals surface area (Å²) in [5, 5.41) is 3.32. The summed E-state index contributed by atoms with van der Waals surface area (Å²) in [6.45, 7) is 9.06. The summed E-state index contributed by atoms with van der Waals surface area (Å²) in [7, 11) is -3.48. The second kappa shape index (κ2) is 9.10. The standard InChI is InChI=1S/C15H30N4O4S/c1-13(2)23-9-10-24(21,22)17-11-15(20)19-6-3-14(12-19)18-7-4-16-5-8-18/h13-14,16-17H,3-12H2,1-2H3. The molecule has 1 unspecified atom stereocenters. The van der Waals surface area contributed by atoms with Crippen LogP contribution in [0.2, 0.25) is 0 Å². The highest BCUT2D eigenvalue weighted by molar-refractivity contribution is 7.89. The largest absolute Gasteiger partial charge is 0.378 e. The molecule has 2 aliphatic rings. The van der Waals surface area contributed by atoms with Crippen molar-refractivity contribution in [3.05, 3.63) is 0 Å². The van der Waals surface area contributed by atoms with Crippen molar-refractivity contribution >= 4 is 15.9 Å². The van der Waals surface area contributed by atoms with Crippen LogP contribution in [-0.4, -0.2) is 94.4 Å². The van der Waals surface area contributed by atoms with E-state index < -0.39 is 10.0 Å². The molecule has 2 aliphatic heterocycles. The molecule has 0 aliphatic carbocycles. The molecular formula is C15H30N4O4S. The highest BCUT2D eigenvalue weighted by Crippen LogP contribution is 2.16. The molecule has 0 aromatic carbocycles. The Labute approximate surface area is 144 Å². The molecule has 140 valence electrons. The Morgan fingerprint density at radius 2 is 2.00 bits per heavy atom. The summed E-state index contributed by atoms with van der Waals surface area (Å²) >= 11 is 0. The van der Waals surface area contributed by atoms with Crippen LogP contribution in [0.5, 0.6) is 0 Å². The van der Waals surface area contributed by atoms with E-state index in [1.807, 2.05) is 13.8 Å². The van der Waals surface area contributed by atoms with Crippen LogP contribution in [0.3, 0.4) is 0 Å². The molecule has 0 bridgehead atoms. The molecule has 2 fully saturated rings. The lowest BCUT2D eigenvalue weighted by Gasteiger charge is -2.32. The molecule has 0 saturated carbocycles. The predicted molar refractivity (Wildman–Crippen MR) is 92.3 cm³/mol. The van der Waals surface area contributed by atoms with Crippen LogP contribution in [0.4, 0.5) is 0 Å². The van der Waals surface area contributed by atoms with E-state index in [1.54, 1.807) is 4.90 Å². The molecule has 1 atom stereocenters. The Hall–Kier alpha value is -0.740. The molecule has 0 radical (unpaired) electrons. The van der Waals surface area contributed by atoms with Gasteiger partial charge in [0, 0.05) is 45.3 Å². The van der Waals surface area contributed by atoms with Crippen molar-refractivity contribution in [2.75, 3.05) is 58.2 Å². The van der Waals surface area contributed by atoms with Gasteiger partial charge in [0.05, 0.1) is 25.0 Å². The number of hydrogen-bond donors (Lipinski definition) is 2. The Morgan fingerprint density at radius 3 is 2.67 bits per heavy atom. The third-order valence-electron chi connectivity index (χ3n) is 4.43. The minimum atomic E-state index is -3.48. The van der Waals surface area contributed by atoms with Gasteiger partial charge >= 0.3 is 0 Å². The first kappa shape index (κ1) is 19.6. The molecule has 1 amide bonds. The Morgan fingerprint density at radius 1 is 1.29 bits per heavy atom. The average Bonchev–Trinajstić information content (AvgIpc) is 3.03. The third kappa shape index (κ3) is 6.29. The van der Waals surface area contributed by atoms with E-state index in [0.29, 0.717) is 19.1 Å². The number of sulfonamides is 1. The van der Waals surface area contributed by atoms with Gasteiger partial charge in [0.25, 0.3) is 0 Å². The fourth-order valence-corrected chi connectivity index (χ4v) is 3.87. The number of carbonyl (C=O) groups excluding carboxylic acids is 1. The number of likely N-dealkylation sites (tertiary alicyclic amines) is 1. The minimum Gasteiger partial charge on any atom is -0.378 e. The van der Waals surface area contributed by atoms with Crippen molar-refractivity contribution in [2.45, 2.75) is 32.4 Å². The number of ether oxygens (including phenoxy) is 1. The molecule has 24 heavy (non-hydrogen) atoms. The third-order valence-corrected chi connectivity index (χ3v) is 5.72. The predicted octanol–water partition coefficient (Wildman–Crippen LogP) is -1.16. The van der Waals surface area contributed by atoms with Gasteiger partial charge in [-0.05, 0) is 20.3 Å². The Bertz CT molecular complexity index is 506. The minimum absolute atomic E-state index is 0.00616. The van der Waals surface area contributed by atoms with E-state index in [2.05, 4.69) is 14.9 Å². The monoisotopic (exact) mass is 362 g/mol. The number of hydrogen-bond acceptors (Lipinski definition) is 6. The Balaban J connectivity index is 1.70. The summed E-state index contributed by atoms with van der Waals surface area (Å²) in [6, 6.07) is 0.395. The SMILES string of the molecule is CC(C)OCCS(=O)(=O)NCC(=O)N1CCC(N2CCNCC2)C1. The highest BCUT2D eigenvalue weighted by Gasteiger charge is 2.31. The van der Waals surface area contributed by atoms with Gasteiger partial charge in [0.1, 0.15) is 0 Å². The fraction of sp³-hybridized carbons (Fsp3) is 0.933. The second-order valence-corrected chi connectivity index (χ2v) is 8.55. The molecule has 9 heteroatoms. The van der Waals surface area contributed by atoms with Gasteiger partial charge in [-0.3, -0.25) is 9.69 Å². The van der Waals surface area contributed by atoms with Crippen molar-refractivity contribution in [1.29, 1.82) is 0 Å². The average molecular weight is 362 g/mol. The van der Waals surface area contributed by atoms with Crippen molar-refractivity contribution in [2.24, 2.45) is 0 Å². The van der Waals surface area contributed by atoms with Crippen LogP contribution in [0.25, 0.3) is 0 Å². The molecule has 0 spiro atoms. The summed E-state index contributed by atoms with van der Waals surface area (Å²) < 4.78 is 31.4. The van der Waals surface area contributed by atoms with Crippen LogP contribution >= 0.6 is 0 Å². The maximum Gasteiger partial charge on any atom is 0.237 e. The van der Waals surface area contributed by atoms with Crippen LogP contribution in [0.1, 0.15) is 20.3 Å². The number of carbonyl (C=O) groups is 1. The molecule has 2 N–H and O–H groups in total.